The Kier molecular flexibility index (Phi) is 7.96. The summed E-state index contributed by atoms with van der Waals surface area (Å²) < 4.78 is 0. The summed E-state index contributed by atoms with van der Waals surface area (Å²) in [6.07, 6.45) is 0. The third kappa shape index (κ3) is 5.46. The fourth-order valence-corrected chi connectivity index (χ4v) is 9.96. The van der Waals surface area contributed by atoms with Gasteiger partial charge in [-0.15, -0.1) is 0 Å². The van der Waals surface area contributed by atoms with Gasteiger partial charge in [-0.3, -0.25) is 0 Å². The van der Waals surface area contributed by atoms with Crippen LogP contribution in [0, 0.1) is 0 Å². The van der Waals surface area contributed by atoms with Gasteiger partial charge >= 0.3 is 0 Å². The smallest absolute Gasteiger partial charge is 0.00262 e. The molecule has 0 atom stereocenters. The zero-order valence-electron chi connectivity index (χ0n) is 32.9. The fourth-order valence-electron chi connectivity index (χ4n) is 9.96. The molecule has 0 saturated heterocycles. The van der Waals surface area contributed by atoms with E-state index in [0.29, 0.717) is 0 Å². The van der Waals surface area contributed by atoms with Crippen molar-refractivity contribution < 1.29 is 0 Å². The first-order valence-electron chi connectivity index (χ1n) is 20.8. The lowest BCUT2D eigenvalue weighted by molar-refractivity contribution is 1.51. The van der Waals surface area contributed by atoms with Crippen LogP contribution >= 0.6 is 0 Å². The van der Waals surface area contributed by atoms with E-state index in [9.17, 15) is 0 Å². The number of rotatable bonds is 4. The van der Waals surface area contributed by atoms with Gasteiger partial charge in [-0.2, -0.15) is 0 Å². The maximum absolute atomic E-state index is 2.42. The normalized spacial score (nSPS) is 11.7. The van der Waals surface area contributed by atoms with Crippen molar-refractivity contribution in [2.75, 3.05) is 0 Å². The molecule has 0 fully saturated rings. The summed E-state index contributed by atoms with van der Waals surface area (Å²) in [6, 6.07) is 85.2. The lowest BCUT2D eigenvalue weighted by atomic mass is 9.80. The molecule has 11 aromatic carbocycles. The molecule has 0 spiro atoms. The quantitative estimate of drug-likeness (QED) is 0.157. The maximum atomic E-state index is 2.42. The monoisotopic (exact) mass is 758 g/mol. The zero-order chi connectivity index (χ0) is 39.6. The van der Waals surface area contributed by atoms with Crippen molar-refractivity contribution in [1.82, 2.24) is 0 Å². The molecule has 0 nitrogen and oxygen atoms in total. The van der Waals surface area contributed by atoms with Crippen molar-refractivity contribution in [3.8, 4) is 89.0 Å². The van der Waals surface area contributed by atoms with Gasteiger partial charge < -0.3 is 0 Å². The Morgan fingerprint density at radius 2 is 0.500 bits per heavy atom. The molecule has 0 heterocycles. The average molecular weight is 759 g/mol. The Balaban J connectivity index is 1.03. The maximum Gasteiger partial charge on any atom is -0.00262 e. The number of fused-ring (bicyclic) bond motifs is 11. The second-order valence-electron chi connectivity index (χ2n) is 15.9. The van der Waals surface area contributed by atoms with Gasteiger partial charge in [-0.05, 0) is 140 Å². The molecule has 0 heteroatoms. The van der Waals surface area contributed by atoms with Gasteiger partial charge in [0.05, 0.1) is 0 Å². The van der Waals surface area contributed by atoms with Gasteiger partial charge in [0.25, 0.3) is 0 Å². The van der Waals surface area contributed by atoms with Crippen LogP contribution in [-0.4, -0.2) is 0 Å². The molecule has 12 rings (SSSR count). The summed E-state index contributed by atoms with van der Waals surface area (Å²) in [6.45, 7) is 0. The summed E-state index contributed by atoms with van der Waals surface area (Å²) in [7, 11) is 0. The molecule has 60 heavy (non-hydrogen) atoms. The van der Waals surface area contributed by atoms with Crippen LogP contribution in [0.4, 0.5) is 0 Å². The molecule has 0 unspecified atom stereocenters. The van der Waals surface area contributed by atoms with E-state index in [1.54, 1.807) is 0 Å². The van der Waals surface area contributed by atoms with E-state index in [1.807, 2.05) is 0 Å². The Labute approximate surface area is 350 Å². The van der Waals surface area contributed by atoms with Crippen LogP contribution in [-0.2, 0) is 0 Å². The minimum atomic E-state index is 1.20. The molecule has 11 aromatic rings. The van der Waals surface area contributed by atoms with E-state index >= 15 is 0 Å². The Morgan fingerprint density at radius 1 is 0.167 bits per heavy atom. The molecule has 1 aliphatic rings. The summed E-state index contributed by atoms with van der Waals surface area (Å²) in [5, 5.41) is 7.53. The predicted octanol–water partition coefficient (Wildman–Crippen LogP) is 16.8. The van der Waals surface area contributed by atoms with Crippen molar-refractivity contribution in [2.45, 2.75) is 0 Å². The minimum Gasteiger partial charge on any atom is -0.0616 e. The standard InChI is InChI=1S/C60H38/c1-2-22-45-39(16-1)17-15-33-46(45)42-19-14-21-44(37-42)60-56-31-11-9-29-54(56)59(55-30-10-12-32-57(55)60)43-20-13-18-40(36-43)41-34-35-53-51-27-6-5-25-49(51)47-23-3-4-24-48(47)50-26-7-8-28-52(50)58(53)38-41/h1-38H. The van der Waals surface area contributed by atoms with Crippen LogP contribution < -0.4 is 0 Å². The highest BCUT2D eigenvalue weighted by atomic mass is 14.3. The Bertz CT molecular complexity index is 3420. The molecule has 0 saturated carbocycles. The summed E-state index contributed by atoms with van der Waals surface area (Å²) in [4.78, 5) is 0. The first kappa shape index (κ1) is 34.3. The minimum absolute atomic E-state index is 1.20. The third-order valence-electron chi connectivity index (χ3n) is 12.6. The lowest BCUT2D eigenvalue weighted by Crippen LogP contribution is -1.97. The molecule has 0 aliphatic heterocycles. The highest BCUT2D eigenvalue weighted by molar-refractivity contribution is 6.21. The van der Waals surface area contributed by atoms with E-state index in [0.717, 1.165) is 0 Å². The highest BCUT2D eigenvalue weighted by Crippen LogP contribution is 2.49. The molecule has 0 radical (unpaired) electrons. The molecular weight excluding hydrogens is 721 g/mol. The number of hydrogen-bond acceptors (Lipinski definition) is 0. The second-order valence-corrected chi connectivity index (χ2v) is 15.9. The molecular formula is C60H38. The second kappa shape index (κ2) is 13.9. The van der Waals surface area contributed by atoms with E-state index < -0.39 is 0 Å². The van der Waals surface area contributed by atoms with Gasteiger partial charge in [-0.1, -0.05) is 212 Å². The van der Waals surface area contributed by atoms with E-state index in [-0.39, 0.29) is 0 Å². The van der Waals surface area contributed by atoms with Crippen molar-refractivity contribution in [1.29, 1.82) is 0 Å². The fraction of sp³-hybridized carbons (Fsp3) is 0. The summed E-state index contributed by atoms with van der Waals surface area (Å²) in [5.74, 6) is 0. The Morgan fingerprint density at radius 3 is 1.03 bits per heavy atom. The predicted molar refractivity (Wildman–Crippen MR) is 256 cm³/mol. The van der Waals surface area contributed by atoms with Gasteiger partial charge in [-0.25, -0.2) is 0 Å². The van der Waals surface area contributed by atoms with Crippen molar-refractivity contribution in [3.05, 3.63) is 231 Å². The van der Waals surface area contributed by atoms with Gasteiger partial charge in [0, 0.05) is 0 Å². The van der Waals surface area contributed by atoms with Crippen LogP contribution in [0.25, 0.3) is 121 Å². The summed E-state index contributed by atoms with van der Waals surface area (Å²) >= 11 is 0. The first-order valence-corrected chi connectivity index (χ1v) is 20.8. The van der Waals surface area contributed by atoms with Gasteiger partial charge in [0.1, 0.15) is 0 Å². The number of benzene rings is 11. The first-order chi connectivity index (χ1) is 29.8. The van der Waals surface area contributed by atoms with Crippen molar-refractivity contribution in [2.24, 2.45) is 0 Å². The van der Waals surface area contributed by atoms with Gasteiger partial charge in [0.2, 0.25) is 0 Å². The molecule has 0 aromatic heterocycles. The van der Waals surface area contributed by atoms with Crippen LogP contribution in [0.5, 0.6) is 0 Å². The largest absolute Gasteiger partial charge is 0.0616 e. The zero-order valence-corrected chi connectivity index (χ0v) is 32.9. The van der Waals surface area contributed by atoms with Crippen LogP contribution in [0.15, 0.2) is 231 Å². The SMILES string of the molecule is c1cc(-c2ccc3c(c2)-c2ccccc2-c2ccccc2-c2ccccc2-3)cc(-c2c3ccccc3c(-c3cccc(-c4cccc5ccccc45)c3)c3ccccc23)c1. The third-order valence-corrected chi connectivity index (χ3v) is 12.6. The van der Waals surface area contributed by atoms with E-state index in [4.69, 9.17) is 0 Å². The highest BCUT2D eigenvalue weighted by Gasteiger charge is 2.23. The Hall–Kier alpha value is -7.80. The van der Waals surface area contributed by atoms with E-state index in [1.165, 1.54) is 121 Å². The average Bonchev–Trinajstić information content (AvgIpc) is 3.32. The van der Waals surface area contributed by atoms with Crippen LogP contribution in [0.1, 0.15) is 0 Å². The van der Waals surface area contributed by atoms with Crippen molar-refractivity contribution in [3.63, 3.8) is 0 Å². The molecule has 1 aliphatic carbocycles. The van der Waals surface area contributed by atoms with Gasteiger partial charge in [0.15, 0.2) is 0 Å². The molecule has 0 amide bonds. The number of hydrogen-bond donors (Lipinski definition) is 0. The molecule has 278 valence electrons. The van der Waals surface area contributed by atoms with E-state index in [2.05, 4.69) is 231 Å². The summed E-state index contributed by atoms with van der Waals surface area (Å²) in [5.41, 5.74) is 19.9. The molecule has 0 bridgehead atoms. The molecule has 0 N–H and O–H groups in total. The van der Waals surface area contributed by atoms with Crippen LogP contribution in [0.3, 0.4) is 0 Å². The lowest BCUT2D eigenvalue weighted by Gasteiger charge is -2.23. The topological polar surface area (TPSA) is 0 Å². The van der Waals surface area contributed by atoms with Crippen molar-refractivity contribution >= 4 is 32.3 Å². The van der Waals surface area contributed by atoms with Crippen LogP contribution in [0.2, 0.25) is 0 Å².